The summed E-state index contributed by atoms with van der Waals surface area (Å²) in [6.45, 7) is 0. The Morgan fingerprint density at radius 1 is 0.571 bits per heavy atom. The Morgan fingerprint density at radius 3 is 0.571 bits per heavy atom. The molecular weight excluding hydrogens is 194 g/mol. The van der Waals surface area contributed by atoms with Crippen molar-refractivity contribution in [1.82, 2.24) is 0 Å². The zero-order valence-electron chi connectivity index (χ0n) is 3.62. The third-order valence-electron chi connectivity index (χ3n) is 0. The van der Waals surface area contributed by atoms with Crippen LogP contribution in [0.25, 0.3) is 0 Å². The van der Waals surface area contributed by atoms with E-state index in [1.54, 1.807) is 0 Å². The molecule has 0 aliphatic heterocycles. The van der Waals surface area contributed by atoms with Crippen molar-refractivity contribution in [3.8, 4) is 0 Å². The molecule has 34 valence electrons. The molecule has 0 amide bonds. The van der Waals surface area contributed by atoms with Gasteiger partial charge in [-0.25, -0.2) is 0 Å². The molecule has 0 N–H and O–H groups in total. The van der Waals surface area contributed by atoms with E-state index in [1.807, 2.05) is 0 Å². The van der Waals surface area contributed by atoms with Gasteiger partial charge >= 0.3 is 57.3 Å². The van der Waals surface area contributed by atoms with Crippen molar-refractivity contribution in [2.24, 2.45) is 0 Å². The monoisotopic (exact) mass is 196 g/mol. The Hall–Kier alpha value is 1.66. The van der Waals surface area contributed by atoms with Crippen LogP contribution in [0.3, 0.4) is 0 Å². The van der Waals surface area contributed by atoms with E-state index >= 15 is 0 Å². The van der Waals surface area contributed by atoms with Gasteiger partial charge in [0.25, 0.3) is 0 Å². The quantitative estimate of drug-likeness (QED) is 0.351. The Bertz CT molecular complexity index is 11.7. The molecule has 7 heteroatoms. The molecule has 0 spiro atoms. The summed E-state index contributed by atoms with van der Waals surface area (Å²) >= 11 is 0. The zero-order chi connectivity index (χ0) is 0. The topological polar surface area (TPSA) is 114 Å². The first-order valence-corrected chi connectivity index (χ1v) is 0. The molecule has 0 aromatic rings. The number of hydrogen-bond acceptors (Lipinski definition) is 0. The van der Waals surface area contributed by atoms with Gasteiger partial charge in [0.15, 0.2) is 0 Å². The molecule has 0 saturated heterocycles. The van der Waals surface area contributed by atoms with Crippen LogP contribution in [0.5, 0.6) is 0 Å². The summed E-state index contributed by atoms with van der Waals surface area (Å²) in [6.07, 6.45) is 0. The van der Waals surface area contributed by atoms with Crippen LogP contribution in [-0.2, 0) is 43.0 Å². The van der Waals surface area contributed by atoms with Gasteiger partial charge in [-0.1, -0.05) is 0 Å². The van der Waals surface area contributed by atoms with Crippen LogP contribution in [-0.4, -0.2) is 17.4 Å². The minimum atomic E-state index is 0. The summed E-state index contributed by atoms with van der Waals surface area (Å²) in [5.74, 6) is 0. The van der Waals surface area contributed by atoms with Gasteiger partial charge in [0.05, 0.1) is 0 Å². The van der Waals surface area contributed by atoms with Gasteiger partial charge in [0, 0.05) is 0 Å². The van der Waals surface area contributed by atoms with E-state index in [4.69, 9.17) is 0 Å². The van der Waals surface area contributed by atoms with Gasteiger partial charge in [-0.15, -0.1) is 0 Å². The summed E-state index contributed by atoms with van der Waals surface area (Å²) in [6, 6.07) is 0. The fraction of sp³-hybridized carbons (Fsp3) is 0. The largest absolute Gasteiger partial charge is 4.00 e. The van der Waals surface area contributed by atoms with Crippen LogP contribution >= 0.6 is 0 Å². The molecule has 0 atom stereocenters. The van der Waals surface area contributed by atoms with Gasteiger partial charge in [-0.3, -0.25) is 0 Å². The van der Waals surface area contributed by atoms with Crippen LogP contribution in [0.1, 0.15) is 0 Å². The molecule has 7 heavy (non-hydrogen) atoms. The Kier molecular flexibility index (Phi) is 3260. The van der Waals surface area contributed by atoms with Crippen molar-refractivity contribution in [2.75, 3.05) is 0 Å². The molecule has 0 aromatic carbocycles. The van der Waals surface area contributed by atoms with Crippen LogP contribution in [0.4, 0.5) is 0 Å². The molecular formula is AlLiMoO4. The fourth-order valence-corrected chi connectivity index (χ4v) is 0. The summed E-state index contributed by atoms with van der Waals surface area (Å²) in [4.78, 5) is 0. The maximum absolute atomic E-state index is 0. The van der Waals surface area contributed by atoms with Crippen LogP contribution in [0.15, 0.2) is 0 Å². The second-order valence-electron chi connectivity index (χ2n) is 0. The molecule has 0 radical (unpaired) electrons. The van der Waals surface area contributed by atoms with Crippen molar-refractivity contribution in [1.29, 1.82) is 0 Å². The van der Waals surface area contributed by atoms with E-state index in [9.17, 15) is 0 Å². The van der Waals surface area contributed by atoms with E-state index in [0.717, 1.165) is 0 Å². The van der Waals surface area contributed by atoms with E-state index in [1.165, 1.54) is 0 Å². The predicted molar refractivity (Wildman–Crippen MR) is 8.50 cm³/mol. The van der Waals surface area contributed by atoms with Crippen LogP contribution < -0.4 is 18.9 Å². The van der Waals surface area contributed by atoms with E-state index in [2.05, 4.69) is 0 Å². The fourth-order valence-electron chi connectivity index (χ4n) is 0. The molecule has 0 fully saturated rings. The first-order valence-electron chi connectivity index (χ1n) is 0. The minimum absolute atomic E-state index is 0. The Morgan fingerprint density at radius 2 is 0.571 bits per heavy atom. The van der Waals surface area contributed by atoms with Crippen molar-refractivity contribution >= 4 is 17.4 Å². The van der Waals surface area contributed by atoms with E-state index in [0.29, 0.717) is 0 Å². The zero-order valence-corrected chi connectivity index (χ0v) is 6.78. The summed E-state index contributed by atoms with van der Waals surface area (Å²) in [5.41, 5.74) is 0. The Labute approximate surface area is 78.9 Å². The first kappa shape index (κ1) is 185. The number of hydrogen-bond donors (Lipinski definition) is 0. The summed E-state index contributed by atoms with van der Waals surface area (Å²) in [7, 11) is 0. The van der Waals surface area contributed by atoms with Gasteiger partial charge in [-0.05, 0) is 0 Å². The van der Waals surface area contributed by atoms with E-state index < -0.39 is 0 Å². The van der Waals surface area contributed by atoms with Gasteiger partial charge in [-0.2, -0.15) is 0 Å². The van der Waals surface area contributed by atoms with Gasteiger partial charge in [0.2, 0.25) is 0 Å². The van der Waals surface area contributed by atoms with Crippen molar-refractivity contribution in [2.45, 2.75) is 0 Å². The predicted octanol–water partition coefficient (Wildman–Crippen LogP) is -3.85. The van der Waals surface area contributed by atoms with Crippen LogP contribution in [0, 0.1) is 0 Å². The van der Waals surface area contributed by atoms with Crippen molar-refractivity contribution < 1.29 is 61.8 Å². The van der Waals surface area contributed by atoms with Crippen molar-refractivity contribution in [3.05, 3.63) is 0 Å². The normalized spacial score (nSPS) is 0. The standard InChI is InChI=1S/Al.Li.Mo.4O/q+3;+1;+4;4*-2. The summed E-state index contributed by atoms with van der Waals surface area (Å²) < 4.78 is 0. The molecule has 0 rings (SSSR count). The first-order chi connectivity index (χ1) is 0. The molecule has 0 saturated carbocycles. The SMILES string of the molecule is [Al+3].[Li+].[Mo+4].[O-2].[O-2].[O-2].[O-2]. The Balaban J connectivity index is 0. The minimum Gasteiger partial charge on any atom is -2.00 e. The maximum Gasteiger partial charge on any atom is 4.00 e. The number of rotatable bonds is 0. The molecule has 0 aliphatic rings. The third-order valence-corrected chi connectivity index (χ3v) is 0. The molecule has 0 aliphatic carbocycles. The smallest absolute Gasteiger partial charge is 2.00 e. The molecule has 0 heterocycles. The average Bonchev–Trinajstić information content (AvgIpc) is 0. The molecule has 4 nitrogen and oxygen atoms in total. The van der Waals surface area contributed by atoms with Crippen LogP contribution in [0.2, 0.25) is 0 Å². The molecule has 0 unspecified atom stereocenters. The average molecular weight is 194 g/mol. The van der Waals surface area contributed by atoms with E-state index in [-0.39, 0.29) is 79.2 Å². The van der Waals surface area contributed by atoms with Gasteiger partial charge < -0.3 is 21.9 Å². The second-order valence-corrected chi connectivity index (χ2v) is 0. The third kappa shape index (κ3) is 89.2. The maximum atomic E-state index is 0. The molecule has 0 aromatic heterocycles. The summed E-state index contributed by atoms with van der Waals surface area (Å²) in [5, 5.41) is 0. The second kappa shape index (κ2) is 123. The van der Waals surface area contributed by atoms with Crippen molar-refractivity contribution in [3.63, 3.8) is 0 Å². The van der Waals surface area contributed by atoms with Gasteiger partial charge in [0.1, 0.15) is 0 Å². The molecule has 0 bridgehead atoms.